The molecule has 0 atom stereocenters. The van der Waals surface area contributed by atoms with E-state index in [1.54, 1.807) is 24.3 Å². The van der Waals surface area contributed by atoms with Crippen LogP contribution in [0.15, 0.2) is 36.4 Å². The van der Waals surface area contributed by atoms with E-state index in [0.717, 1.165) is 29.9 Å². The first-order valence-electron chi connectivity index (χ1n) is 7.93. The van der Waals surface area contributed by atoms with Gasteiger partial charge in [-0.3, -0.25) is 0 Å². The number of phenols is 1. The number of ether oxygens (including phenoxy) is 1. The molecule has 3 heteroatoms. The third-order valence-corrected chi connectivity index (χ3v) is 3.28. The third kappa shape index (κ3) is 4.78. The van der Waals surface area contributed by atoms with Gasteiger partial charge in [0.25, 0.3) is 0 Å². The number of phenolic OH excluding ortho intramolecular Hbond substituents is 1. The molecule has 0 fully saturated rings. The Morgan fingerprint density at radius 1 is 1.09 bits per heavy atom. The number of benzene rings is 2. The first kappa shape index (κ1) is 18.1. The Hall–Kier alpha value is -2.00. The van der Waals surface area contributed by atoms with Gasteiger partial charge in [0.2, 0.25) is 0 Å². The molecule has 3 nitrogen and oxygen atoms in total. The molecule has 0 aliphatic heterocycles. The Balaban J connectivity index is 0.00000116. The van der Waals surface area contributed by atoms with E-state index in [1.807, 2.05) is 13.8 Å². The summed E-state index contributed by atoms with van der Waals surface area (Å²) in [6.07, 6.45) is 1.79. The molecular formula is C19H27NO2. The van der Waals surface area contributed by atoms with Crippen LogP contribution in [0.5, 0.6) is 17.2 Å². The monoisotopic (exact) mass is 301 g/mol. The molecule has 0 unspecified atom stereocenters. The summed E-state index contributed by atoms with van der Waals surface area (Å²) in [5.41, 5.74) is 9.17. The lowest BCUT2D eigenvalue weighted by atomic mass is 10.0. The molecule has 120 valence electrons. The molecule has 0 aliphatic rings. The van der Waals surface area contributed by atoms with Gasteiger partial charge in [-0.1, -0.05) is 32.9 Å². The van der Waals surface area contributed by atoms with Crippen LogP contribution in [0.2, 0.25) is 0 Å². The average molecular weight is 301 g/mol. The summed E-state index contributed by atoms with van der Waals surface area (Å²) in [5, 5.41) is 9.31. The molecule has 0 spiro atoms. The van der Waals surface area contributed by atoms with E-state index in [9.17, 15) is 5.11 Å². The molecule has 22 heavy (non-hydrogen) atoms. The van der Waals surface area contributed by atoms with Crippen molar-refractivity contribution in [3.8, 4) is 17.2 Å². The lowest BCUT2D eigenvalue weighted by molar-refractivity contribution is 0.460. The number of aromatic hydroxyl groups is 1. The fraction of sp³-hybridized carbons (Fsp3) is 0.368. The molecule has 0 bridgehead atoms. The van der Waals surface area contributed by atoms with Crippen LogP contribution < -0.4 is 10.5 Å². The van der Waals surface area contributed by atoms with Crippen molar-refractivity contribution >= 4 is 0 Å². The smallest absolute Gasteiger partial charge is 0.133 e. The van der Waals surface area contributed by atoms with Crippen molar-refractivity contribution in [2.45, 2.75) is 40.5 Å². The van der Waals surface area contributed by atoms with Crippen LogP contribution in [0.1, 0.15) is 37.5 Å². The second-order valence-electron chi connectivity index (χ2n) is 4.89. The Morgan fingerprint density at radius 3 is 2.27 bits per heavy atom. The average Bonchev–Trinajstić information content (AvgIpc) is 2.54. The number of rotatable bonds is 5. The zero-order valence-corrected chi connectivity index (χ0v) is 14.0. The highest BCUT2D eigenvalue weighted by Crippen LogP contribution is 2.31. The Labute approximate surface area is 133 Å². The lowest BCUT2D eigenvalue weighted by Crippen LogP contribution is -2.04. The predicted octanol–water partition coefficient (Wildman–Crippen LogP) is 4.58. The number of hydrogen-bond donors (Lipinski definition) is 2. The van der Waals surface area contributed by atoms with Crippen molar-refractivity contribution < 1.29 is 9.84 Å². The zero-order chi connectivity index (χ0) is 16.5. The largest absolute Gasteiger partial charge is 0.508 e. The molecule has 0 saturated carbocycles. The summed E-state index contributed by atoms with van der Waals surface area (Å²) in [6.45, 7) is 8.82. The molecule has 0 radical (unpaired) electrons. The summed E-state index contributed by atoms with van der Waals surface area (Å²) < 4.78 is 5.98. The number of aryl methyl sites for hydroxylation is 2. The molecule has 0 aromatic heterocycles. The summed E-state index contributed by atoms with van der Waals surface area (Å²) >= 11 is 0. The van der Waals surface area contributed by atoms with E-state index in [0.29, 0.717) is 6.54 Å². The normalized spacial score (nSPS) is 9.86. The Morgan fingerprint density at radius 2 is 1.73 bits per heavy atom. The van der Waals surface area contributed by atoms with E-state index in [4.69, 9.17) is 10.5 Å². The van der Waals surface area contributed by atoms with Gasteiger partial charge in [0.05, 0.1) is 0 Å². The van der Waals surface area contributed by atoms with Crippen LogP contribution in [-0.2, 0) is 12.8 Å². The highest BCUT2D eigenvalue weighted by molar-refractivity contribution is 5.47. The van der Waals surface area contributed by atoms with Crippen LogP contribution >= 0.6 is 0 Å². The van der Waals surface area contributed by atoms with Crippen molar-refractivity contribution in [3.05, 3.63) is 53.1 Å². The van der Waals surface area contributed by atoms with E-state index >= 15 is 0 Å². The second-order valence-corrected chi connectivity index (χ2v) is 4.89. The topological polar surface area (TPSA) is 55.5 Å². The van der Waals surface area contributed by atoms with Gasteiger partial charge in [0.15, 0.2) is 0 Å². The van der Waals surface area contributed by atoms with E-state index in [1.165, 1.54) is 11.1 Å². The molecule has 0 heterocycles. The standard InChI is InChI=1S/C17H21NO2.C2H6/c1-3-14-11-13(8-9-18)10-12(2)17(14)20-16-6-4-15(19)5-7-16;1-2/h4-7,10-11,19H,3,8-9,18H2,1-2H3;1-2H3. The van der Waals surface area contributed by atoms with Crippen LogP contribution in [0, 0.1) is 6.92 Å². The molecule has 2 aromatic rings. The first-order valence-corrected chi connectivity index (χ1v) is 7.93. The minimum absolute atomic E-state index is 0.239. The maximum atomic E-state index is 9.31. The van der Waals surface area contributed by atoms with Gasteiger partial charge in [-0.05, 0) is 67.3 Å². The van der Waals surface area contributed by atoms with Gasteiger partial charge in [-0.2, -0.15) is 0 Å². The number of hydrogen-bond acceptors (Lipinski definition) is 3. The zero-order valence-electron chi connectivity index (χ0n) is 14.0. The Bertz CT molecular complexity index is 577. The quantitative estimate of drug-likeness (QED) is 0.849. The molecule has 3 N–H and O–H groups in total. The van der Waals surface area contributed by atoms with Gasteiger partial charge in [0, 0.05) is 0 Å². The summed E-state index contributed by atoms with van der Waals surface area (Å²) in [7, 11) is 0. The Kier molecular flexibility index (Phi) is 7.47. The molecule has 2 rings (SSSR count). The maximum absolute atomic E-state index is 9.31. The summed E-state index contributed by atoms with van der Waals surface area (Å²) in [4.78, 5) is 0. The van der Waals surface area contributed by atoms with Crippen LogP contribution in [0.25, 0.3) is 0 Å². The van der Waals surface area contributed by atoms with Crippen molar-refractivity contribution in [2.24, 2.45) is 5.73 Å². The minimum Gasteiger partial charge on any atom is -0.508 e. The first-order chi connectivity index (χ1) is 10.6. The van der Waals surface area contributed by atoms with Crippen LogP contribution in [0.3, 0.4) is 0 Å². The van der Waals surface area contributed by atoms with Crippen molar-refractivity contribution in [1.29, 1.82) is 0 Å². The highest BCUT2D eigenvalue weighted by atomic mass is 16.5. The van der Waals surface area contributed by atoms with E-state index < -0.39 is 0 Å². The molecular weight excluding hydrogens is 274 g/mol. The van der Waals surface area contributed by atoms with Crippen molar-refractivity contribution in [3.63, 3.8) is 0 Å². The van der Waals surface area contributed by atoms with Gasteiger partial charge in [-0.15, -0.1) is 0 Å². The summed E-state index contributed by atoms with van der Waals surface area (Å²) in [6, 6.07) is 11.1. The second kappa shape index (κ2) is 9.11. The third-order valence-electron chi connectivity index (χ3n) is 3.28. The molecule has 0 amide bonds. The van der Waals surface area contributed by atoms with Gasteiger partial charge in [-0.25, -0.2) is 0 Å². The van der Waals surface area contributed by atoms with E-state index in [-0.39, 0.29) is 5.75 Å². The highest BCUT2D eigenvalue weighted by Gasteiger charge is 2.09. The summed E-state index contributed by atoms with van der Waals surface area (Å²) in [5.74, 6) is 1.87. The molecule has 2 aromatic carbocycles. The van der Waals surface area contributed by atoms with E-state index in [2.05, 4.69) is 26.0 Å². The van der Waals surface area contributed by atoms with Crippen LogP contribution in [-0.4, -0.2) is 11.7 Å². The van der Waals surface area contributed by atoms with Gasteiger partial charge < -0.3 is 15.6 Å². The van der Waals surface area contributed by atoms with Crippen LogP contribution in [0.4, 0.5) is 0 Å². The fourth-order valence-electron chi connectivity index (χ4n) is 2.28. The lowest BCUT2D eigenvalue weighted by Gasteiger charge is -2.15. The van der Waals surface area contributed by atoms with Gasteiger partial charge >= 0.3 is 0 Å². The number of nitrogens with two attached hydrogens (primary N) is 1. The predicted molar refractivity (Wildman–Crippen MR) is 92.8 cm³/mol. The van der Waals surface area contributed by atoms with Crippen molar-refractivity contribution in [1.82, 2.24) is 0 Å². The maximum Gasteiger partial charge on any atom is 0.133 e. The SMILES string of the molecule is CC.CCc1cc(CCN)cc(C)c1Oc1ccc(O)cc1. The molecule has 0 saturated heterocycles. The minimum atomic E-state index is 0.239. The van der Waals surface area contributed by atoms with Gasteiger partial charge in [0.1, 0.15) is 17.2 Å². The molecule has 0 aliphatic carbocycles. The fourth-order valence-corrected chi connectivity index (χ4v) is 2.28. The van der Waals surface area contributed by atoms with Crippen molar-refractivity contribution in [2.75, 3.05) is 6.54 Å².